The van der Waals surface area contributed by atoms with Crippen LogP contribution in [0.2, 0.25) is 0 Å². The minimum atomic E-state index is -3.92. The Labute approximate surface area is 106 Å². The fraction of sp³-hybridized carbons (Fsp3) is 1.00. The summed E-state index contributed by atoms with van der Waals surface area (Å²) >= 11 is 0. The maximum atomic E-state index is 12.8. The third-order valence-electron chi connectivity index (χ3n) is 3.90. The average Bonchev–Trinajstić information content (AvgIpc) is 2.25. The van der Waals surface area contributed by atoms with Crippen LogP contribution in [0, 0.1) is 11.3 Å². The highest BCUT2D eigenvalue weighted by molar-refractivity contribution is 4.84. The molecule has 5 heteroatoms. The quantitative estimate of drug-likeness (QED) is 0.758. The van der Waals surface area contributed by atoms with E-state index in [1.807, 2.05) is 0 Å². The topological polar surface area (TPSA) is 12.0 Å². The first-order valence-corrected chi connectivity index (χ1v) is 6.52. The van der Waals surface area contributed by atoms with Crippen molar-refractivity contribution in [1.29, 1.82) is 0 Å². The Balaban J connectivity index is 2.32. The van der Waals surface area contributed by atoms with Crippen LogP contribution in [0.5, 0.6) is 0 Å². The molecule has 0 aromatic carbocycles. The Morgan fingerprint density at radius 2 is 1.56 bits per heavy atom. The van der Waals surface area contributed by atoms with Crippen molar-refractivity contribution in [2.45, 2.75) is 64.8 Å². The van der Waals surface area contributed by atoms with Crippen LogP contribution in [0.4, 0.5) is 17.6 Å². The lowest BCUT2D eigenvalue weighted by Gasteiger charge is -2.37. The first-order valence-electron chi connectivity index (χ1n) is 6.52. The van der Waals surface area contributed by atoms with Gasteiger partial charge in [0.15, 0.2) is 0 Å². The molecule has 0 unspecified atom stereocenters. The lowest BCUT2D eigenvalue weighted by molar-refractivity contribution is -0.126. The molecule has 0 heterocycles. The van der Waals surface area contributed by atoms with Crippen LogP contribution in [-0.2, 0) is 0 Å². The summed E-state index contributed by atoms with van der Waals surface area (Å²) in [5.41, 5.74) is 0.234. The second kappa shape index (κ2) is 5.76. The van der Waals surface area contributed by atoms with E-state index in [1.165, 1.54) is 0 Å². The van der Waals surface area contributed by atoms with Crippen LogP contribution < -0.4 is 5.32 Å². The predicted octanol–water partition coefficient (Wildman–Crippen LogP) is 4.08. The van der Waals surface area contributed by atoms with Crippen LogP contribution in [0.15, 0.2) is 0 Å². The molecule has 0 bridgehead atoms. The fourth-order valence-corrected chi connectivity index (χ4v) is 2.52. The maximum absolute atomic E-state index is 12.8. The summed E-state index contributed by atoms with van der Waals surface area (Å²) in [6.45, 7) is 5.61. The van der Waals surface area contributed by atoms with E-state index >= 15 is 0 Å². The molecule has 1 rings (SSSR count). The molecule has 1 fully saturated rings. The summed E-state index contributed by atoms with van der Waals surface area (Å²) in [5.74, 6) is -3.33. The lowest BCUT2D eigenvalue weighted by Crippen LogP contribution is -2.45. The third kappa shape index (κ3) is 4.41. The van der Waals surface area contributed by atoms with Gasteiger partial charge in [-0.3, -0.25) is 0 Å². The first-order chi connectivity index (χ1) is 8.13. The van der Waals surface area contributed by atoms with Gasteiger partial charge in [-0.1, -0.05) is 20.8 Å². The Morgan fingerprint density at radius 3 is 1.94 bits per heavy atom. The molecule has 0 spiro atoms. The van der Waals surface area contributed by atoms with Gasteiger partial charge in [0, 0.05) is 6.04 Å². The molecule has 0 amide bonds. The van der Waals surface area contributed by atoms with E-state index in [0.717, 1.165) is 25.7 Å². The van der Waals surface area contributed by atoms with Crippen molar-refractivity contribution in [3.63, 3.8) is 0 Å². The monoisotopic (exact) mass is 269 g/mol. The molecule has 0 saturated heterocycles. The molecule has 1 saturated carbocycles. The zero-order chi connectivity index (χ0) is 14.0. The van der Waals surface area contributed by atoms with Crippen LogP contribution in [0.1, 0.15) is 46.5 Å². The number of nitrogens with one attached hydrogen (secondary N) is 1. The van der Waals surface area contributed by atoms with E-state index in [0.29, 0.717) is 5.92 Å². The van der Waals surface area contributed by atoms with Crippen molar-refractivity contribution in [2.24, 2.45) is 11.3 Å². The van der Waals surface area contributed by atoms with E-state index in [1.54, 1.807) is 0 Å². The van der Waals surface area contributed by atoms with Crippen molar-refractivity contribution in [1.82, 2.24) is 5.32 Å². The van der Waals surface area contributed by atoms with E-state index in [9.17, 15) is 17.6 Å². The van der Waals surface area contributed by atoms with Gasteiger partial charge in [0.2, 0.25) is 0 Å². The summed E-state index contributed by atoms with van der Waals surface area (Å²) in [4.78, 5) is 0. The first kappa shape index (κ1) is 15.7. The van der Waals surface area contributed by atoms with Gasteiger partial charge >= 0.3 is 12.3 Å². The Hall–Kier alpha value is -0.320. The molecular weight excluding hydrogens is 246 g/mol. The van der Waals surface area contributed by atoms with Gasteiger partial charge in [0.25, 0.3) is 0 Å². The SMILES string of the molecule is CC(C)(C)C1CCC(NCC(F)(F)C(F)F)CC1. The second-order valence-electron chi connectivity index (χ2n) is 6.36. The molecular formula is C13H23F4N. The standard InChI is InChI=1S/C13H23F4N/c1-12(2,3)9-4-6-10(7-5-9)18-8-13(16,17)11(14)15/h9-11,18H,4-8H2,1-3H3. The van der Waals surface area contributed by atoms with Crippen molar-refractivity contribution in [3.05, 3.63) is 0 Å². The molecule has 1 aliphatic rings. The highest BCUT2D eigenvalue weighted by Crippen LogP contribution is 2.37. The fourth-order valence-electron chi connectivity index (χ4n) is 2.52. The van der Waals surface area contributed by atoms with Gasteiger partial charge in [0.1, 0.15) is 0 Å². The average molecular weight is 269 g/mol. The number of alkyl halides is 4. The zero-order valence-corrected chi connectivity index (χ0v) is 11.3. The van der Waals surface area contributed by atoms with E-state index in [2.05, 4.69) is 26.1 Å². The summed E-state index contributed by atoms with van der Waals surface area (Å²) in [7, 11) is 0. The highest BCUT2D eigenvalue weighted by atomic mass is 19.3. The van der Waals surface area contributed by atoms with Crippen molar-refractivity contribution >= 4 is 0 Å². The Bertz CT molecular complexity index is 252. The van der Waals surface area contributed by atoms with Crippen molar-refractivity contribution < 1.29 is 17.6 Å². The predicted molar refractivity (Wildman–Crippen MR) is 64.2 cm³/mol. The van der Waals surface area contributed by atoms with Crippen molar-refractivity contribution in [2.75, 3.05) is 6.54 Å². The molecule has 0 aromatic rings. The number of halogens is 4. The van der Waals surface area contributed by atoms with Gasteiger partial charge in [-0.25, -0.2) is 8.78 Å². The minimum Gasteiger partial charge on any atom is -0.308 e. The molecule has 108 valence electrons. The number of hydrogen-bond acceptors (Lipinski definition) is 1. The third-order valence-corrected chi connectivity index (χ3v) is 3.90. The van der Waals surface area contributed by atoms with E-state index in [-0.39, 0.29) is 11.5 Å². The van der Waals surface area contributed by atoms with Gasteiger partial charge in [-0.05, 0) is 37.0 Å². The zero-order valence-electron chi connectivity index (χ0n) is 11.3. The highest BCUT2D eigenvalue weighted by Gasteiger charge is 2.41. The van der Waals surface area contributed by atoms with Gasteiger partial charge in [0.05, 0.1) is 6.54 Å². The second-order valence-corrected chi connectivity index (χ2v) is 6.36. The maximum Gasteiger partial charge on any atom is 0.319 e. The lowest BCUT2D eigenvalue weighted by atomic mass is 9.71. The largest absolute Gasteiger partial charge is 0.319 e. The summed E-state index contributed by atoms with van der Waals surface area (Å²) in [6, 6.07) is -0.0479. The molecule has 0 aliphatic heterocycles. The number of rotatable bonds is 4. The van der Waals surface area contributed by atoms with Gasteiger partial charge in [-0.15, -0.1) is 0 Å². The van der Waals surface area contributed by atoms with Crippen LogP contribution in [-0.4, -0.2) is 24.9 Å². The van der Waals surface area contributed by atoms with Crippen LogP contribution in [0.25, 0.3) is 0 Å². The van der Waals surface area contributed by atoms with Crippen molar-refractivity contribution in [3.8, 4) is 0 Å². The molecule has 18 heavy (non-hydrogen) atoms. The molecule has 0 aromatic heterocycles. The summed E-state index contributed by atoms with van der Waals surface area (Å²) in [6.07, 6.45) is -0.0540. The number of hydrogen-bond donors (Lipinski definition) is 1. The summed E-state index contributed by atoms with van der Waals surface area (Å²) in [5, 5.41) is 2.59. The van der Waals surface area contributed by atoms with Crippen LogP contribution >= 0.6 is 0 Å². The molecule has 1 nitrogen and oxygen atoms in total. The van der Waals surface area contributed by atoms with Gasteiger partial charge in [-0.2, -0.15) is 8.78 Å². The Kier molecular flexibility index (Phi) is 5.04. The van der Waals surface area contributed by atoms with E-state index in [4.69, 9.17) is 0 Å². The molecule has 1 N–H and O–H groups in total. The smallest absolute Gasteiger partial charge is 0.308 e. The minimum absolute atomic E-state index is 0.0479. The molecule has 1 aliphatic carbocycles. The van der Waals surface area contributed by atoms with Gasteiger partial charge < -0.3 is 5.32 Å². The van der Waals surface area contributed by atoms with E-state index < -0.39 is 18.9 Å². The Morgan fingerprint density at radius 1 is 1.06 bits per heavy atom. The molecule has 0 radical (unpaired) electrons. The summed E-state index contributed by atoms with van der Waals surface area (Å²) < 4.78 is 49.5. The molecule has 0 atom stereocenters. The normalized spacial score (nSPS) is 26.7. The van der Waals surface area contributed by atoms with Crippen LogP contribution in [0.3, 0.4) is 0 Å².